The minimum atomic E-state index is 0.256. The molecule has 0 bridgehead atoms. The number of carbonyl (C=O) groups is 1. The second-order valence-electron chi connectivity index (χ2n) is 6.26. The van der Waals surface area contributed by atoms with E-state index in [1.165, 1.54) is 0 Å². The average Bonchev–Trinajstić information content (AvgIpc) is 3.01. The third-order valence-electron chi connectivity index (χ3n) is 4.17. The number of amides is 1. The van der Waals surface area contributed by atoms with Crippen LogP contribution in [0.25, 0.3) is 0 Å². The van der Waals surface area contributed by atoms with Crippen molar-refractivity contribution in [3.05, 3.63) is 59.3 Å². The van der Waals surface area contributed by atoms with Crippen molar-refractivity contribution >= 4 is 29.1 Å². The molecule has 130 valence electrons. The molecule has 1 saturated heterocycles. The Morgan fingerprint density at radius 1 is 1.20 bits per heavy atom. The molecule has 2 heterocycles. The van der Waals surface area contributed by atoms with E-state index in [2.05, 4.69) is 39.9 Å². The highest BCUT2D eigenvalue weighted by atomic mass is 32.1. The van der Waals surface area contributed by atoms with Crippen LogP contribution >= 0.6 is 12.2 Å². The second-order valence-corrected chi connectivity index (χ2v) is 6.67. The van der Waals surface area contributed by atoms with Gasteiger partial charge in [0.2, 0.25) is 5.91 Å². The summed E-state index contributed by atoms with van der Waals surface area (Å²) in [4.78, 5) is 17.9. The van der Waals surface area contributed by atoms with Crippen molar-refractivity contribution in [3.63, 3.8) is 0 Å². The molecule has 1 aliphatic heterocycles. The Morgan fingerprint density at radius 3 is 2.60 bits per heavy atom. The molecule has 0 aliphatic carbocycles. The largest absolute Gasteiger partial charge is 0.358 e. The van der Waals surface area contributed by atoms with E-state index in [1.807, 2.05) is 24.0 Å². The maximum Gasteiger partial charge on any atom is 0.222 e. The van der Waals surface area contributed by atoms with Gasteiger partial charge in [-0.15, -0.1) is 0 Å². The molecule has 6 heteroatoms. The molecule has 2 N–H and O–H groups in total. The molecule has 1 aromatic carbocycles. The third-order valence-corrected chi connectivity index (χ3v) is 4.42. The molecule has 0 saturated carbocycles. The number of pyridine rings is 1. The van der Waals surface area contributed by atoms with Crippen molar-refractivity contribution < 1.29 is 4.79 Å². The van der Waals surface area contributed by atoms with E-state index in [1.54, 1.807) is 6.20 Å². The highest BCUT2D eigenvalue weighted by Gasteiger charge is 2.19. The monoisotopic (exact) mass is 354 g/mol. The van der Waals surface area contributed by atoms with E-state index < -0.39 is 0 Å². The topological polar surface area (TPSA) is 57.3 Å². The first-order valence-electron chi connectivity index (χ1n) is 8.43. The summed E-state index contributed by atoms with van der Waals surface area (Å²) < 4.78 is 0. The van der Waals surface area contributed by atoms with Crippen LogP contribution in [0.4, 0.5) is 5.82 Å². The molecular weight excluding hydrogens is 332 g/mol. The molecule has 2 aromatic rings. The van der Waals surface area contributed by atoms with Gasteiger partial charge in [0.25, 0.3) is 0 Å². The smallest absolute Gasteiger partial charge is 0.222 e. The van der Waals surface area contributed by atoms with E-state index in [0.29, 0.717) is 24.6 Å². The number of rotatable bonds is 5. The number of hydrogen-bond acceptors (Lipinski definition) is 3. The molecular formula is C19H22N4OS. The Morgan fingerprint density at radius 2 is 1.96 bits per heavy atom. The lowest BCUT2D eigenvalue weighted by molar-refractivity contribution is -0.128. The van der Waals surface area contributed by atoms with Gasteiger partial charge in [-0.1, -0.05) is 30.3 Å². The lowest BCUT2D eigenvalue weighted by atomic mass is 10.1. The van der Waals surface area contributed by atoms with Crippen LogP contribution in [-0.4, -0.2) is 27.4 Å². The Balaban J connectivity index is 1.47. The van der Waals surface area contributed by atoms with Crippen LogP contribution in [0.2, 0.25) is 0 Å². The van der Waals surface area contributed by atoms with Crippen LogP contribution < -0.4 is 10.6 Å². The lowest BCUT2D eigenvalue weighted by Crippen LogP contribution is -2.28. The molecule has 1 fully saturated rings. The summed E-state index contributed by atoms with van der Waals surface area (Å²) in [6.45, 7) is 4.21. The van der Waals surface area contributed by atoms with Crippen molar-refractivity contribution in [2.75, 3.05) is 11.9 Å². The summed E-state index contributed by atoms with van der Waals surface area (Å²) in [5.74, 6) is 0.987. The molecule has 5 nitrogen and oxygen atoms in total. The van der Waals surface area contributed by atoms with Crippen LogP contribution in [-0.2, 0) is 17.9 Å². The van der Waals surface area contributed by atoms with Gasteiger partial charge in [0, 0.05) is 32.3 Å². The Labute approximate surface area is 153 Å². The molecule has 3 rings (SSSR count). The zero-order chi connectivity index (χ0) is 17.6. The maximum absolute atomic E-state index is 11.7. The van der Waals surface area contributed by atoms with E-state index in [-0.39, 0.29) is 5.91 Å². The number of benzene rings is 1. The average molecular weight is 354 g/mol. The number of anilines is 1. The van der Waals surface area contributed by atoms with Crippen molar-refractivity contribution in [2.45, 2.75) is 32.9 Å². The van der Waals surface area contributed by atoms with Crippen molar-refractivity contribution in [1.82, 2.24) is 15.2 Å². The fourth-order valence-electron chi connectivity index (χ4n) is 2.74. The molecule has 0 unspecified atom stereocenters. The summed E-state index contributed by atoms with van der Waals surface area (Å²) in [6, 6.07) is 12.2. The van der Waals surface area contributed by atoms with Gasteiger partial charge in [0.1, 0.15) is 5.82 Å². The van der Waals surface area contributed by atoms with Crippen molar-refractivity contribution in [3.8, 4) is 0 Å². The number of aromatic nitrogens is 1. The van der Waals surface area contributed by atoms with E-state index in [0.717, 1.165) is 35.5 Å². The molecule has 1 aliphatic rings. The molecule has 1 amide bonds. The standard InChI is InChI=1S/C19H22N4OS/c1-14-4-9-17(20-11-14)22-19(25)21-12-15-5-7-16(8-6-15)13-23-10-2-3-18(23)24/h4-9,11H,2-3,10,12-13H2,1H3,(H2,20,21,22,25). The van der Waals surface area contributed by atoms with Gasteiger partial charge in [-0.2, -0.15) is 0 Å². The summed E-state index contributed by atoms with van der Waals surface area (Å²) in [5, 5.41) is 6.79. The van der Waals surface area contributed by atoms with Crippen LogP contribution in [0.5, 0.6) is 0 Å². The Bertz CT molecular complexity index is 743. The van der Waals surface area contributed by atoms with E-state index in [4.69, 9.17) is 12.2 Å². The summed E-state index contributed by atoms with van der Waals surface area (Å²) in [7, 11) is 0. The number of aryl methyl sites for hydroxylation is 1. The highest BCUT2D eigenvalue weighted by Crippen LogP contribution is 2.14. The van der Waals surface area contributed by atoms with Gasteiger partial charge in [0.05, 0.1) is 0 Å². The molecule has 25 heavy (non-hydrogen) atoms. The zero-order valence-corrected chi connectivity index (χ0v) is 15.1. The second kappa shape index (κ2) is 8.07. The first kappa shape index (κ1) is 17.4. The van der Waals surface area contributed by atoms with Gasteiger partial charge < -0.3 is 15.5 Å². The molecule has 0 spiro atoms. The maximum atomic E-state index is 11.7. The van der Waals surface area contributed by atoms with Gasteiger partial charge in [-0.25, -0.2) is 4.98 Å². The summed E-state index contributed by atoms with van der Waals surface area (Å²) in [6.07, 6.45) is 3.46. The predicted molar refractivity (Wildman–Crippen MR) is 103 cm³/mol. The van der Waals surface area contributed by atoms with Crippen LogP contribution in [0.3, 0.4) is 0 Å². The number of hydrogen-bond donors (Lipinski definition) is 2. The van der Waals surface area contributed by atoms with Crippen molar-refractivity contribution in [1.29, 1.82) is 0 Å². The Hall–Kier alpha value is -2.47. The number of nitrogens with zero attached hydrogens (tertiary/aromatic N) is 2. The van der Waals surface area contributed by atoms with Gasteiger partial charge >= 0.3 is 0 Å². The summed E-state index contributed by atoms with van der Waals surface area (Å²) in [5.41, 5.74) is 3.40. The minimum Gasteiger partial charge on any atom is -0.358 e. The van der Waals surface area contributed by atoms with E-state index in [9.17, 15) is 4.79 Å². The normalized spacial score (nSPS) is 13.8. The van der Waals surface area contributed by atoms with Crippen LogP contribution in [0.15, 0.2) is 42.6 Å². The van der Waals surface area contributed by atoms with Gasteiger partial charge in [0.15, 0.2) is 5.11 Å². The first-order chi connectivity index (χ1) is 12.1. The predicted octanol–water partition coefficient (Wildman–Crippen LogP) is 3.00. The van der Waals surface area contributed by atoms with Gasteiger partial charge in [-0.05, 0) is 48.3 Å². The number of thiocarbonyl (C=S) groups is 1. The van der Waals surface area contributed by atoms with Crippen LogP contribution in [0, 0.1) is 6.92 Å². The molecule has 1 aromatic heterocycles. The molecule has 0 atom stereocenters. The zero-order valence-electron chi connectivity index (χ0n) is 14.3. The third kappa shape index (κ3) is 5.00. The number of likely N-dealkylation sites (tertiary alicyclic amines) is 1. The Kier molecular flexibility index (Phi) is 5.60. The van der Waals surface area contributed by atoms with Crippen molar-refractivity contribution in [2.24, 2.45) is 0 Å². The fourth-order valence-corrected chi connectivity index (χ4v) is 2.92. The SMILES string of the molecule is Cc1ccc(NC(=S)NCc2ccc(CN3CCCC3=O)cc2)nc1. The quantitative estimate of drug-likeness (QED) is 0.809. The first-order valence-corrected chi connectivity index (χ1v) is 8.84. The lowest BCUT2D eigenvalue weighted by Gasteiger charge is -2.16. The number of carbonyl (C=O) groups excluding carboxylic acids is 1. The summed E-state index contributed by atoms with van der Waals surface area (Å²) >= 11 is 5.30. The minimum absolute atomic E-state index is 0.256. The van der Waals surface area contributed by atoms with Gasteiger partial charge in [-0.3, -0.25) is 4.79 Å². The fraction of sp³-hybridized carbons (Fsp3) is 0.316. The van der Waals surface area contributed by atoms with E-state index >= 15 is 0 Å². The van der Waals surface area contributed by atoms with Crippen LogP contribution in [0.1, 0.15) is 29.5 Å². The highest BCUT2D eigenvalue weighted by molar-refractivity contribution is 7.80. The number of nitrogens with one attached hydrogen (secondary N) is 2. The molecule has 0 radical (unpaired) electrons.